The van der Waals surface area contributed by atoms with E-state index in [1.807, 2.05) is 0 Å². The van der Waals surface area contributed by atoms with E-state index in [0.29, 0.717) is 5.56 Å². The zero-order valence-corrected chi connectivity index (χ0v) is 13.0. The number of hydrogen-bond acceptors (Lipinski definition) is 2. The van der Waals surface area contributed by atoms with Crippen molar-refractivity contribution < 1.29 is 8.78 Å². The molecule has 2 nitrogen and oxygen atoms in total. The van der Waals surface area contributed by atoms with Crippen LogP contribution in [0.25, 0.3) is 0 Å². The molecule has 0 saturated carbocycles. The van der Waals surface area contributed by atoms with Gasteiger partial charge in [0.2, 0.25) is 0 Å². The number of hydrogen-bond donors (Lipinski definition) is 1. The second kappa shape index (κ2) is 7.85. The number of likely N-dealkylation sites (tertiary alicyclic amines) is 1. The molecule has 1 saturated heterocycles. The van der Waals surface area contributed by atoms with Crippen LogP contribution in [0.1, 0.15) is 44.7 Å². The summed E-state index contributed by atoms with van der Waals surface area (Å²) >= 11 is 0. The van der Waals surface area contributed by atoms with E-state index in [4.69, 9.17) is 0 Å². The predicted molar refractivity (Wildman–Crippen MR) is 82.2 cm³/mol. The molecule has 0 spiro atoms. The van der Waals surface area contributed by atoms with Crippen LogP contribution in [0.15, 0.2) is 18.2 Å². The molecule has 0 radical (unpaired) electrons. The topological polar surface area (TPSA) is 15.3 Å². The fraction of sp³-hybridized carbons (Fsp3) is 0.647. The Hall–Kier alpha value is -1.00. The third-order valence-corrected chi connectivity index (χ3v) is 4.17. The monoisotopic (exact) mass is 296 g/mol. The lowest BCUT2D eigenvalue weighted by molar-refractivity contribution is 0.301. The highest BCUT2D eigenvalue weighted by Gasteiger charge is 2.20. The standard InChI is InChI=1S/C17H26F2N2/c1-3-6-20-17(5-8-21-7-4-13(2)12-21)14-9-15(18)11-16(19)10-14/h9-11,13,17,20H,3-8,12H2,1-2H3. The van der Waals surface area contributed by atoms with E-state index in [9.17, 15) is 8.78 Å². The second-order valence-corrected chi connectivity index (χ2v) is 6.19. The van der Waals surface area contributed by atoms with Gasteiger partial charge in [0.15, 0.2) is 0 Å². The molecule has 4 heteroatoms. The van der Waals surface area contributed by atoms with E-state index in [2.05, 4.69) is 24.1 Å². The van der Waals surface area contributed by atoms with Crippen LogP contribution in [-0.4, -0.2) is 31.1 Å². The summed E-state index contributed by atoms with van der Waals surface area (Å²) in [5.41, 5.74) is 0.716. The minimum Gasteiger partial charge on any atom is -0.310 e. The molecule has 0 bridgehead atoms. The molecule has 118 valence electrons. The summed E-state index contributed by atoms with van der Waals surface area (Å²) in [6.07, 6.45) is 3.15. The van der Waals surface area contributed by atoms with Crippen molar-refractivity contribution >= 4 is 0 Å². The van der Waals surface area contributed by atoms with E-state index in [1.54, 1.807) is 0 Å². The maximum Gasteiger partial charge on any atom is 0.126 e. The van der Waals surface area contributed by atoms with E-state index in [-0.39, 0.29) is 6.04 Å². The van der Waals surface area contributed by atoms with Gasteiger partial charge in [-0.2, -0.15) is 0 Å². The molecule has 1 aromatic rings. The highest BCUT2D eigenvalue weighted by Crippen LogP contribution is 2.22. The number of halogens is 2. The van der Waals surface area contributed by atoms with E-state index >= 15 is 0 Å². The number of benzene rings is 1. The molecule has 0 aromatic heterocycles. The van der Waals surface area contributed by atoms with Gasteiger partial charge in [-0.3, -0.25) is 0 Å². The molecule has 1 heterocycles. The van der Waals surface area contributed by atoms with Crippen molar-refractivity contribution in [1.29, 1.82) is 0 Å². The molecule has 2 rings (SSSR count). The summed E-state index contributed by atoms with van der Waals surface area (Å²) in [6.45, 7) is 8.48. The summed E-state index contributed by atoms with van der Waals surface area (Å²) in [4.78, 5) is 2.45. The molecule has 1 aliphatic heterocycles. The summed E-state index contributed by atoms with van der Waals surface area (Å²) < 4.78 is 26.8. The van der Waals surface area contributed by atoms with Crippen LogP contribution >= 0.6 is 0 Å². The quantitative estimate of drug-likeness (QED) is 0.824. The first-order chi connectivity index (χ1) is 10.1. The van der Waals surface area contributed by atoms with Gasteiger partial charge >= 0.3 is 0 Å². The van der Waals surface area contributed by atoms with Gasteiger partial charge in [0.05, 0.1) is 0 Å². The normalized spacial score (nSPS) is 20.9. The van der Waals surface area contributed by atoms with Crippen LogP contribution in [0.5, 0.6) is 0 Å². The number of rotatable bonds is 7. The van der Waals surface area contributed by atoms with Gasteiger partial charge in [-0.25, -0.2) is 8.78 Å². The van der Waals surface area contributed by atoms with Crippen LogP contribution in [0.2, 0.25) is 0 Å². The van der Waals surface area contributed by atoms with Crippen molar-refractivity contribution in [3.05, 3.63) is 35.4 Å². The first kappa shape index (κ1) is 16.4. The Labute approximate surface area is 126 Å². The minimum atomic E-state index is -0.497. The van der Waals surface area contributed by atoms with Crippen LogP contribution < -0.4 is 5.32 Å². The Bertz CT molecular complexity index is 430. The van der Waals surface area contributed by atoms with Crippen molar-refractivity contribution in [1.82, 2.24) is 10.2 Å². The first-order valence-corrected chi connectivity index (χ1v) is 8.00. The van der Waals surface area contributed by atoms with E-state index < -0.39 is 11.6 Å². The van der Waals surface area contributed by atoms with Gasteiger partial charge in [0, 0.05) is 18.7 Å². The van der Waals surface area contributed by atoms with Gasteiger partial charge in [-0.1, -0.05) is 13.8 Å². The molecule has 2 unspecified atom stereocenters. The zero-order chi connectivity index (χ0) is 15.2. The minimum absolute atomic E-state index is 0.0195. The summed E-state index contributed by atoms with van der Waals surface area (Å²) in [5.74, 6) is -0.232. The Balaban J connectivity index is 1.99. The fourth-order valence-electron chi connectivity index (χ4n) is 3.02. The second-order valence-electron chi connectivity index (χ2n) is 6.19. The average Bonchev–Trinajstić information content (AvgIpc) is 2.83. The number of nitrogens with one attached hydrogen (secondary N) is 1. The maximum absolute atomic E-state index is 13.4. The van der Waals surface area contributed by atoms with Crippen LogP contribution in [0, 0.1) is 17.6 Å². The summed E-state index contributed by atoms with van der Waals surface area (Å²) in [6, 6.07) is 3.85. The molecule has 1 N–H and O–H groups in total. The molecule has 2 atom stereocenters. The highest BCUT2D eigenvalue weighted by molar-refractivity contribution is 5.21. The van der Waals surface area contributed by atoms with Crippen molar-refractivity contribution in [2.24, 2.45) is 5.92 Å². The Kier molecular flexibility index (Phi) is 6.12. The molecule has 1 aromatic carbocycles. The Morgan fingerprint density at radius 1 is 1.29 bits per heavy atom. The fourth-order valence-corrected chi connectivity index (χ4v) is 3.02. The van der Waals surface area contributed by atoms with Crippen molar-refractivity contribution in [2.45, 2.75) is 39.2 Å². The third kappa shape index (κ3) is 5.04. The largest absolute Gasteiger partial charge is 0.310 e. The highest BCUT2D eigenvalue weighted by atomic mass is 19.1. The molecule has 21 heavy (non-hydrogen) atoms. The van der Waals surface area contributed by atoms with Gasteiger partial charge in [0.1, 0.15) is 11.6 Å². The van der Waals surface area contributed by atoms with Gasteiger partial charge in [0.25, 0.3) is 0 Å². The Morgan fingerprint density at radius 2 is 2.00 bits per heavy atom. The lowest BCUT2D eigenvalue weighted by Crippen LogP contribution is -2.29. The van der Waals surface area contributed by atoms with Gasteiger partial charge in [-0.15, -0.1) is 0 Å². The lowest BCUT2D eigenvalue weighted by Gasteiger charge is -2.23. The molecular weight excluding hydrogens is 270 g/mol. The average molecular weight is 296 g/mol. The molecular formula is C17H26F2N2. The molecule has 0 aliphatic carbocycles. The van der Waals surface area contributed by atoms with E-state index in [0.717, 1.165) is 51.0 Å². The van der Waals surface area contributed by atoms with Gasteiger partial charge in [-0.05, 0) is 62.5 Å². The third-order valence-electron chi connectivity index (χ3n) is 4.17. The van der Waals surface area contributed by atoms with E-state index in [1.165, 1.54) is 18.6 Å². The molecule has 1 fully saturated rings. The molecule has 1 aliphatic rings. The summed E-state index contributed by atoms with van der Waals surface area (Å²) in [5, 5.41) is 3.42. The van der Waals surface area contributed by atoms with Crippen LogP contribution in [-0.2, 0) is 0 Å². The maximum atomic E-state index is 13.4. The van der Waals surface area contributed by atoms with Gasteiger partial charge < -0.3 is 10.2 Å². The SMILES string of the molecule is CCCNC(CCN1CCC(C)C1)c1cc(F)cc(F)c1. The smallest absolute Gasteiger partial charge is 0.126 e. The summed E-state index contributed by atoms with van der Waals surface area (Å²) in [7, 11) is 0. The van der Waals surface area contributed by atoms with Crippen molar-refractivity contribution in [2.75, 3.05) is 26.2 Å². The first-order valence-electron chi connectivity index (χ1n) is 8.00. The van der Waals surface area contributed by atoms with Crippen molar-refractivity contribution in [3.8, 4) is 0 Å². The van der Waals surface area contributed by atoms with Crippen LogP contribution in [0.3, 0.4) is 0 Å². The van der Waals surface area contributed by atoms with Crippen LogP contribution in [0.4, 0.5) is 8.78 Å². The predicted octanol–water partition coefficient (Wildman–Crippen LogP) is 3.74. The Morgan fingerprint density at radius 3 is 2.57 bits per heavy atom. The van der Waals surface area contributed by atoms with Crippen molar-refractivity contribution in [3.63, 3.8) is 0 Å². The number of nitrogens with zero attached hydrogens (tertiary/aromatic N) is 1. The zero-order valence-electron chi connectivity index (χ0n) is 13.0. The lowest BCUT2D eigenvalue weighted by atomic mass is 10.0. The molecule has 0 amide bonds.